The first-order valence-electron chi connectivity index (χ1n) is 2.95. The van der Waals surface area contributed by atoms with Gasteiger partial charge in [0, 0.05) is 0 Å². The molecule has 0 fully saturated rings. The van der Waals surface area contributed by atoms with Gasteiger partial charge in [-0.2, -0.15) is 0 Å². The van der Waals surface area contributed by atoms with Crippen molar-refractivity contribution >= 4 is 52.8 Å². The van der Waals surface area contributed by atoms with E-state index in [-0.39, 0.29) is 119 Å². The van der Waals surface area contributed by atoms with Crippen molar-refractivity contribution in [1.29, 1.82) is 0 Å². The van der Waals surface area contributed by atoms with E-state index in [1.165, 1.54) is 0 Å². The molecule has 0 aromatic carbocycles. The van der Waals surface area contributed by atoms with Gasteiger partial charge in [-0.15, -0.1) is 0 Å². The summed E-state index contributed by atoms with van der Waals surface area (Å²) in [5.41, 5.74) is 9.58. The van der Waals surface area contributed by atoms with Crippen LogP contribution in [-0.2, 0) is 19.1 Å². The van der Waals surface area contributed by atoms with Gasteiger partial charge in [0.05, 0.1) is 47.8 Å². The van der Waals surface area contributed by atoms with Gasteiger partial charge in [0.25, 0.3) is 0 Å². The standard InChI is InChI=1S/C5H8N2O5.2Al.2Na.4H2O.4H/c6-1-3(8)11-5(10)12-4(9)2-7;;;;;;;;;;;;/h1-2,6-7H2;;;;;4*1H2;;;;/q;;;2*+1;;;;;;;2*-1. The molecule has 0 aromatic rings. The molecular formula is C5H20Al2N2Na2O9. The van der Waals surface area contributed by atoms with Crippen molar-refractivity contribution in [3.05, 3.63) is 0 Å². The van der Waals surface area contributed by atoms with Gasteiger partial charge in [-0.1, -0.05) is 0 Å². The topological polar surface area (TPSA) is 248 Å². The Hall–Kier alpha value is 1.43. The van der Waals surface area contributed by atoms with Crippen LogP contribution in [0.3, 0.4) is 0 Å². The van der Waals surface area contributed by atoms with Gasteiger partial charge in [0.2, 0.25) is 0 Å². The molecule has 0 amide bonds. The second-order valence-corrected chi connectivity index (χ2v) is 1.61. The van der Waals surface area contributed by atoms with Crippen LogP contribution in [0.4, 0.5) is 4.79 Å². The van der Waals surface area contributed by atoms with Crippen molar-refractivity contribution in [2.45, 2.75) is 0 Å². The molecule has 112 valence electrons. The second kappa shape index (κ2) is 37.0. The number of hydrogen-bond acceptors (Lipinski definition) is 7. The third kappa shape index (κ3) is 36.6. The van der Waals surface area contributed by atoms with E-state index in [1.807, 2.05) is 0 Å². The molecule has 0 heterocycles. The monoisotopic (exact) mass is 352 g/mol. The summed E-state index contributed by atoms with van der Waals surface area (Å²) >= 11 is 0. The summed E-state index contributed by atoms with van der Waals surface area (Å²) in [7, 11) is 0. The predicted molar refractivity (Wildman–Crippen MR) is 66.7 cm³/mol. The smallest absolute Gasteiger partial charge is 1.00 e. The number of nitrogens with two attached hydrogens (primary N) is 2. The Bertz CT molecular complexity index is 214. The summed E-state index contributed by atoms with van der Waals surface area (Å²) in [6.45, 7) is -0.933. The number of ether oxygens (including phenoxy) is 2. The number of hydrogen-bond donors (Lipinski definition) is 2. The van der Waals surface area contributed by atoms with Crippen LogP contribution < -0.4 is 70.6 Å². The minimum absolute atomic E-state index is 0. The maximum absolute atomic E-state index is 10.4. The predicted octanol–water partition coefficient (Wildman–Crippen LogP) is -12.3. The van der Waals surface area contributed by atoms with E-state index in [0.717, 1.165) is 0 Å². The van der Waals surface area contributed by atoms with Crippen molar-refractivity contribution < 1.29 is 108 Å². The molecule has 0 saturated carbocycles. The minimum Gasteiger partial charge on any atom is -1.00 e. The van der Waals surface area contributed by atoms with E-state index in [1.54, 1.807) is 0 Å². The maximum Gasteiger partial charge on any atom is 1.00 e. The molecule has 0 spiro atoms. The largest absolute Gasteiger partial charge is 1.00 e. The van der Waals surface area contributed by atoms with Crippen LogP contribution in [0.5, 0.6) is 0 Å². The van der Waals surface area contributed by atoms with Crippen molar-refractivity contribution in [1.82, 2.24) is 0 Å². The van der Waals surface area contributed by atoms with E-state index in [4.69, 9.17) is 11.5 Å². The Morgan fingerprint density at radius 2 is 0.950 bits per heavy atom. The second-order valence-electron chi connectivity index (χ2n) is 1.61. The maximum atomic E-state index is 10.4. The van der Waals surface area contributed by atoms with E-state index < -0.39 is 31.2 Å². The van der Waals surface area contributed by atoms with Gasteiger partial charge in [-0.3, -0.25) is 9.59 Å². The van der Waals surface area contributed by atoms with Crippen molar-refractivity contribution in [2.75, 3.05) is 13.1 Å². The zero-order valence-corrected chi connectivity index (χ0v) is 18.4. The average Bonchev–Trinajstić information content (AvgIpc) is 2.03. The van der Waals surface area contributed by atoms with E-state index in [9.17, 15) is 14.4 Å². The molecule has 12 N–H and O–H groups in total. The summed E-state index contributed by atoms with van der Waals surface area (Å²) in [4.78, 5) is 31.0. The van der Waals surface area contributed by atoms with E-state index >= 15 is 0 Å². The molecule has 11 nitrogen and oxygen atoms in total. The molecule has 0 aliphatic carbocycles. The molecule has 0 atom stereocenters. The molecular weight excluding hydrogens is 332 g/mol. The zero-order valence-electron chi connectivity index (χ0n) is 13.5. The quantitative estimate of drug-likeness (QED) is 0.275. The number of carbonyl (C=O) groups excluding carboxylic acids is 3. The number of esters is 2. The van der Waals surface area contributed by atoms with Gasteiger partial charge >= 0.3 is 77.2 Å². The van der Waals surface area contributed by atoms with Gasteiger partial charge in [-0.25, -0.2) is 4.79 Å². The Balaban J connectivity index is -0.0000000134. The summed E-state index contributed by atoms with van der Waals surface area (Å²) in [5.74, 6) is -1.96. The van der Waals surface area contributed by atoms with Crippen LogP contribution in [0.1, 0.15) is 2.85 Å². The minimum atomic E-state index is -1.42. The number of carbonyl (C=O) groups is 3. The van der Waals surface area contributed by atoms with Gasteiger partial charge < -0.3 is 45.7 Å². The third-order valence-electron chi connectivity index (χ3n) is 0.728. The zero-order chi connectivity index (χ0) is 9.56. The van der Waals surface area contributed by atoms with Gasteiger partial charge in [-0.05, 0) is 0 Å². The average molecular weight is 352 g/mol. The first-order chi connectivity index (χ1) is 5.60. The summed E-state index contributed by atoms with van der Waals surface area (Å²) in [6, 6.07) is 0. The van der Waals surface area contributed by atoms with Crippen molar-refractivity contribution in [3.8, 4) is 0 Å². The summed E-state index contributed by atoms with van der Waals surface area (Å²) in [5, 5.41) is 0. The fourth-order valence-corrected chi connectivity index (χ4v) is 0.290. The van der Waals surface area contributed by atoms with Crippen molar-refractivity contribution in [3.63, 3.8) is 0 Å². The molecule has 0 bridgehead atoms. The van der Waals surface area contributed by atoms with E-state index in [2.05, 4.69) is 9.47 Å². The third-order valence-corrected chi connectivity index (χ3v) is 0.728. The summed E-state index contributed by atoms with van der Waals surface area (Å²) in [6.07, 6.45) is -1.42. The first-order valence-corrected chi connectivity index (χ1v) is 2.95. The van der Waals surface area contributed by atoms with Crippen LogP contribution in [-0.4, -0.2) is 87.8 Å². The summed E-state index contributed by atoms with van der Waals surface area (Å²) < 4.78 is 7.74. The van der Waals surface area contributed by atoms with E-state index in [0.29, 0.717) is 0 Å². The molecule has 0 aliphatic heterocycles. The molecule has 20 heavy (non-hydrogen) atoms. The SMILES string of the molecule is NCC(=O)OC(=O)OC(=O)CN.O.O.O.O.[AlH].[AlH].[H-].[H-].[Na+].[Na+]. The molecule has 0 aromatic heterocycles. The van der Waals surface area contributed by atoms with Crippen LogP contribution in [0, 0.1) is 0 Å². The Labute approximate surface area is 183 Å². The van der Waals surface area contributed by atoms with Crippen LogP contribution in [0.25, 0.3) is 0 Å². The van der Waals surface area contributed by atoms with Crippen LogP contribution in [0.15, 0.2) is 0 Å². The normalized spacial score (nSPS) is 5.30. The van der Waals surface area contributed by atoms with Crippen LogP contribution in [0.2, 0.25) is 0 Å². The fraction of sp³-hybridized carbons (Fsp3) is 0.400. The van der Waals surface area contributed by atoms with Crippen molar-refractivity contribution in [2.24, 2.45) is 11.5 Å². The molecule has 0 unspecified atom stereocenters. The molecule has 0 saturated heterocycles. The van der Waals surface area contributed by atoms with Gasteiger partial charge in [0.1, 0.15) is 0 Å². The Kier molecular flexibility index (Phi) is 107. The first kappa shape index (κ1) is 57.9. The molecule has 4 radical (unpaired) electrons. The Morgan fingerprint density at radius 3 is 1.10 bits per heavy atom. The molecule has 0 rings (SSSR count). The molecule has 15 heteroatoms. The molecule has 0 aliphatic rings. The fourth-order valence-electron chi connectivity index (χ4n) is 0.290. The van der Waals surface area contributed by atoms with Gasteiger partial charge in [0.15, 0.2) is 0 Å². The van der Waals surface area contributed by atoms with Crippen LogP contribution >= 0.6 is 0 Å². The number of rotatable bonds is 2. The Morgan fingerprint density at radius 1 is 0.750 bits per heavy atom.